The first-order chi connectivity index (χ1) is 5.75. The molecule has 66 valence electrons. The minimum absolute atomic E-state index is 0.158. The van der Waals surface area contributed by atoms with Crippen LogP contribution in [0.3, 0.4) is 0 Å². The summed E-state index contributed by atoms with van der Waals surface area (Å²) < 4.78 is 0. The van der Waals surface area contributed by atoms with Crippen molar-refractivity contribution in [2.24, 2.45) is 5.92 Å². The van der Waals surface area contributed by atoms with Crippen LogP contribution in [0.4, 0.5) is 0 Å². The van der Waals surface area contributed by atoms with Crippen molar-refractivity contribution in [1.29, 1.82) is 0 Å². The highest BCUT2D eigenvalue weighted by Gasteiger charge is 2.33. The number of hydrogen-bond acceptors (Lipinski definition) is 2. The molecule has 0 spiro atoms. The van der Waals surface area contributed by atoms with Crippen LogP contribution in [0.2, 0.25) is 0 Å². The molecule has 0 radical (unpaired) electrons. The lowest BCUT2D eigenvalue weighted by Crippen LogP contribution is -2.47. The van der Waals surface area contributed by atoms with E-state index in [1.807, 2.05) is 0 Å². The third-order valence-electron chi connectivity index (χ3n) is 2.88. The monoisotopic (exact) mass is 167 g/mol. The molecule has 0 aromatic carbocycles. The maximum absolute atomic E-state index is 11.1. The summed E-state index contributed by atoms with van der Waals surface area (Å²) in [6.07, 6.45) is 3.71. The number of ketones is 1. The van der Waals surface area contributed by atoms with Crippen molar-refractivity contribution in [1.82, 2.24) is 5.32 Å². The van der Waals surface area contributed by atoms with Gasteiger partial charge in [0.25, 0.3) is 0 Å². The molecule has 0 aromatic rings. The zero-order chi connectivity index (χ0) is 8.55. The lowest BCUT2D eigenvalue weighted by Gasteiger charge is -2.35. The number of nitrogens with one attached hydrogen (secondary N) is 1. The lowest BCUT2D eigenvalue weighted by molar-refractivity contribution is -0.129. The first-order valence-corrected chi connectivity index (χ1v) is 4.57. The van der Waals surface area contributed by atoms with E-state index >= 15 is 0 Å². The fourth-order valence-corrected chi connectivity index (χ4v) is 2.18. The van der Waals surface area contributed by atoms with E-state index in [0.29, 0.717) is 37.0 Å². The molecule has 1 aliphatic carbocycles. The largest absolute Gasteiger partial charge is 0.353 e. The molecule has 1 aliphatic heterocycles. The molecule has 2 fully saturated rings. The Hall–Kier alpha value is -0.860. The number of piperidine rings is 1. The molecular formula is C9H13NO2. The summed E-state index contributed by atoms with van der Waals surface area (Å²) in [7, 11) is 0. The second-order valence-electron chi connectivity index (χ2n) is 3.75. The minimum Gasteiger partial charge on any atom is -0.353 e. The molecule has 1 heterocycles. The second kappa shape index (κ2) is 2.88. The van der Waals surface area contributed by atoms with E-state index in [1.54, 1.807) is 0 Å². The van der Waals surface area contributed by atoms with Gasteiger partial charge in [0, 0.05) is 25.3 Å². The van der Waals surface area contributed by atoms with Crippen LogP contribution in [0.25, 0.3) is 0 Å². The maximum Gasteiger partial charge on any atom is 0.220 e. The fourth-order valence-electron chi connectivity index (χ4n) is 2.18. The molecule has 2 atom stereocenters. The maximum atomic E-state index is 11.1. The molecule has 1 N–H and O–H groups in total. The molecule has 1 saturated heterocycles. The highest BCUT2D eigenvalue weighted by atomic mass is 16.1. The van der Waals surface area contributed by atoms with E-state index in [1.165, 1.54) is 0 Å². The summed E-state index contributed by atoms with van der Waals surface area (Å²) in [6.45, 7) is 0. The van der Waals surface area contributed by atoms with Crippen LogP contribution in [-0.4, -0.2) is 17.7 Å². The van der Waals surface area contributed by atoms with Gasteiger partial charge in [0.2, 0.25) is 5.91 Å². The molecule has 1 amide bonds. The zero-order valence-corrected chi connectivity index (χ0v) is 7.01. The summed E-state index contributed by atoms with van der Waals surface area (Å²) in [5.41, 5.74) is 0. The van der Waals surface area contributed by atoms with E-state index < -0.39 is 0 Å². The van der Waals surface area contributed by atoms with Gasteiger partial charge in [-0.05, 0) is 18.8 Å². The highest BCUT2D eigenvalue weighted by Crippen LogP contribution is 2.28. The van der Waals surface area contributed by atoms with Crippen LogP contribution in [0.15, 0.2) is 0 Å². The number of hydrogen-bond donors (Lipinski definition) is 1. The summed E-state index contributed by atoms with van der Waals surface area (Å²) >= 11 is 0. The van der Waals surface area contributed by atoms with Crippen molar-refractivity contribution >= 4 is 11.7 Å². The van der Waals surface area contributed by atoms with Crippen molar-refractivity contribution in [2.45, 2.75) is 38.1 Å². The molecular weight excluding hydrogens is 154 g/mol. The number of rotatable bonds is 0. The number of Topliss-reactive ketones (excluding diaryl/α,β-unsaturated/α-hetero) is 1. The van der Waals surface area contributed by atoms with Gasteiger partial charge in [-0.15, -0.1) is 0 Å². The van der Waals surface area contributed by atoms with Gasteiger partial charge < -0.3 is 5.32 Å². The van der Waals surface area contributed by atoms with Gasteiger partial charge in [0.05, 0.1) is 0 Å². The van der Waals surface area contributed by atoms with Gasteiger partial charge in [0.1, 0.15) is 5.78 Å². The molecule has 2 rings (SSSR count). The third-order valence-corrected chi connectivity index (χ3v) is 2.88. The summed E-state index contributed by atoms with van der Waals surface area (Å²) in [5.74, 6) is 0.960. The molecule has 0 bridgehead atoms. The normalized spacial score (nSPS) is 35.7. The van der Waals surface area contributed by atoms with Crippen molar-refractivity contribution in [3.05, 3.63) is 0 Å². The Morgan fingerprint density at radius 1 is 1.17 bits per heavy atom. The van der Waals surface area contributed by atoms with Crippen LogP contribution < -0.4 is 5.32 Å². The number of fused-ring (bicyclic) bond motifs is 1. The summed E-state index contributed by atoms with van der Waals surface area (Å²) in [5, 5.41) is 2.95. The molecule has 2 aliphatic rings. The Morgan fingerprint density at radius 3 is 2.83 bits per heavy atom. The van der Waals surface area contributed by atoms with Crippen LogP contribution in [0.5, 0.6) is 0 Å². The standard InChI is InChI=1S/C9H13NO2/c11-7-2-3-8-6(5-7)1-4-9(12)10-8/h6,8H,1-5H2,(H,10,12). The van der Waals surface area contributed by atoms with Gasteiger partial charge in [-0.25, -0.2) is 0 Å². The van der Waals surface area contributed by atoms with E-state index in [9.17, 15) is 9.59 Å². The first kappa shape index (κ1) is 7.77. The quantitative estimate of drug-likeness (QED) is 0.575. The van der Waals surface area contributed by atoms with Crippen molar-refractivity contribution < 1.29 is 9.59 Å². The van der Waals surface area contributed by atoms with Crippen LogP contribution in [0, 0.1) is 5.92 Å². The van der Waals surface area contributed by atoms with Crippen molar-refractivity contribution in [3.8, 4) is 0 Å². The number of amides is 1. The molecule has 1 saturated carbocycles. The van der Waals surface area contributed by atoms with E-state index in [2.05, 4.69) is 5.32 Å². The highest BCUT2D eigenvalue weighted by molar-refractivity contribution is 5.82. The Bertz CT molecular complexity index is 201. The van der Waals surface area contributed by atoms with Gasteiger partial charge >= 0.3 is 0 Å². The average molecular weight is 167 g/mol. The van der Waals surface area contributed by atoms with Crippen LogP contribution in [-0.2, 0) is 9.59 Å². The van der Waals surface area contributed by atoms with Crippen molar-refractivity contribution in [3.63, 3.8) is 0 Å². The second-order valence-corrected chi connectivity index (χ2v) is 3.75. The Kier molecular flexibility index (Phi) is 1.87. The van der Waals surface area contributed by atoms with E-state index in [4.69, 9.17) is 0 Å². The lowest BCUT2D eigenvalue weighted by atomic mass is 9.79. The molecule has 2 unspecified atom stereocenters. The SMILES string of the molecule is O=C1CCC2NC(=O)CCC2C1. The molecule has 3 nitrogen and oxygen atoms in total. The smallest absolute Gasteiger partial charge is 0.220 e. The average Bonchev–Trinajstić information content (AvgIpc) is 2.05. The number of carbonyl (C=O) groups excluding carboxylic acids is 2. The minimum atomic E-state index is 0.158. The van der Waals surface area contributed by atoms with Gasteiger partial charge in [-0.2, -0.15) is 0 Å². The first-order valence-electron chi connectivity index (χ1n) is 4.57. The molecule has 12 heavy (non-hydrogen) atoms. The molecule has 0 aromatic heterocycles. The summed E-state index contributed by atoms with van der Waals surface area (Å²) in [6, 6.07) is 0.295. The topological polar surface area (TPSA) is 46.2 Å². The van der Waals surface area contributed by atoms with Crippen molar-refractivity contribution in [2.75, 3.05) is 0 Å². The van der Waals surface area contributed by atoms with Crippen LogP contribution >= 0.6 is 0 Å². The molecule has 3 heteroatoms. The number of carbonyl (C=O) groups is 2. The van der Waals surface area contributed by atoms with E-state index in [0.717, 1.165) is 12.8 Å². The predicted molar refractivity (Wildman–Crippen MR) is 43.5 cm³/mol. The van der Waals surface area contributed by atoms with Gasteiger partial charge in [0.15, 0.2) is 0 Å². The third kappa shape index (κ3) is 1.36. The van der Waals surface area contributed by atoms with E-state index in [-0.39, 0.29) is 5.91 Å². The van der Waals surface area contributed by atoms with Gasteiger partial charge in [-0.3, -0.25) is 9.59 Å². The Balaban J connectivity index is 2.02. The predicted octanol–water partition coefficient (Wildman–Crippen LogP) is 0.634. The summed E-state index contributed by atoms with van der Waals surface area (Å²) in [4.78, 5) is 22.1. The zero-order valence-electron chi connectivity index (χ0n) is 7.01. The van der Waals surface area contributed by atoms with Crippen LogP contribution in [0.1, 0.15) is 32.1 Å². The Labute approximate surface area is 71.5 Å². The fraction of sp³-hybridized carbons (Fsp3) is 0.778. The van der Waals surface area contributed by atoms with Gasteiger partial charge in [-0.1, -0.05) is 0 Å². The Morgan fingerprint density at radius 2 is 2.00 bits per heavy atom.